The van der Waals surface area contributed by atoms with Gasteiger partial charge in [-0.2, -0.15) is 0 Å². The molecule has 0 saturated heterocycles. The van der Waals surface area contributed by atoms with Crippen LogP contribution in [-0.4, -0.2) is 37.4 Å². The van der Waals surface area contributed by atoms with Crippen molar-refractivity contribution in [2.24, 2.45) is 0 Å². The predicted molar refractivity (Wildman–Crippen MR) is 96.0 cm³/mol. The molecule has 1 aliphatic rings. The summed E-state index contributed by atoms with van der Waals surface area (Å²) < 4.78 is 0. The molecule has 0 unspecified atom stereocenters. The first-order valence-corrected chi connectivity index (χ1v) is 9.17. The molecule has 4 rings (SSSR count). The molecule has 9 heteroatoms. The molecular weight excluding hydrogens is 352 g/mol. The van der Waals surface area contributed by atoms with Crippen molar-refractivity contribution in [3.63, 3.8) is 0 Å². The molecule has 2 N–H and O–H groups in total. The van der Waals surface area contributed by atoms with Gasteiger partial charge in [-0.1, -0.05) is 0 Å². The van der Waals surface area contributed by atoms with Crippen LogP contribution in [0.4, 0.5) is 0 Å². The van der Waals surface area contributed by atoms with Crippen molar-refractivity contribution in [3.05, 3.63) is 57.6 Å². The zero-order valence-electron chi connectivity index (χ0n) is 13.8. The van der Waals surface area contributed by atoms with Crippen molar-refractivity contribution in [3.8, 4) is 10.7 Å². The smallest absolute Gasteiger partial charge is 0.263 e. The van der Waals surface area contributed by atoms with E-state index in [0.717, 1.165) is 29.2 Å². The highest BCUT2D eigenvalue weighted by Gasteiger charge is 2.26. The third kappa shape index (κ3) is 3.67. The van der Waals surface area contributed by atoms with Crippen LogP contribution in [0.2, 0.25) is 0 Å². The Bertz CT molecular complexity index is 980. The van der Waals surface area contributed by atoms with E-state index in [1.54, 1.807) is 18.6 Å². The van der Waals surface area contributed by atoms with Gasteiger partial charge in [0.25, 0.3) is 11.5 Å². The molecule has 3 aromatic rings. The molecule has 3 heterocycles. The van der Waals surface area contributed by atoms with E-state index >= 15 is 0 Å². The molecule has 0 radical (unpaired) electrons. The molecule has 26 heavy (non-hydrogen) atoms. The Hall–Kier alpha value is -2.94. The Labute approximate surface area is 152 Å². The van der Waals surface area contributed by atoms with Gasteiger partial charge in [0.2, 0.25) is 0 Å². The van der Waals surface area contributed by atoms with Gasteiger partial charge in [-0.15, -0.1) is 11.3 Å². The Balaban J connectivity index is 1.34. The fourth-order valence-electron chi connectivity index (χ4n) is 2.48. The van der Waals surface area contributed by atoms with Gasteiger partial charge in [0.05, 0.1) is 11.9 Å². The number of thiazole rings is 1. The number of rotatable bonds is 6. The van der Waals surface area contributed by atoms with Crippen LogP contribution in [-0.2, 0) is 6.42 Å². The number of hydrogen-bond acceptors (Lipinski definition) is 7. The monoisotopic (exact) mass is 368 g/mol. The van der Waals surface area contributed by atoms with Crippen LogP contribution >= 0.6 is 11.3 Å². The van der Waals surface area contributed by atoms with Crippen molar-refractivity contribution >= 4 is 17.2 Å². The summed E-state index contributed by atoms with van der Waals surface area (Å²) in [5, 5.41) is 5.45. The Morgan fingerprint density at radius 2 is 2.15 bits per heavy atom. The van der Waals surface area contributed by atoms with Crippen LogP contribution in [0.1, 0.15) is 40.6 Å². The Morgan fingerprint density at radius 1 is 1.27 bits per heavy atom. The number of amides is 1. The van der Waals surface area contributed by atoms with Crippen molar-refractivity contribution < 1.29 is 4.79 Å². The lowest BCUT2D eigenvalue weighted by molar-refractivity contribution is 0.0952. The molecule has 0 atom stereocenters. The van der Waals surface area contributed by atoms with E-state index in [1.807, 2.05) is 5.38 Å². The minimum Gasteiger partial charge on any atom is -0.351 e. The lowest BCUT2D eigenvalue weighted by Gasteiger charge is -2.04. The highest BCUT2D eigenvalue weighted by atomic mass is 32.1. The molecule has 0 aromatic carbocycles. The number of nitrogens with zero attached hydrogens (tertiary/aromatic N) is 4. The van der Waals surface area contributed by atoms with Gasteiger partial charge in [0.15, 0.2) is 0 Å². The minimum absolute atomic E-state index is 0.0351. The number of hydrogen-bond donors (Lipinski definition) is 2. The SMILES string of the molecule is O=C(NCCc1csc(-c2cnccn2)n1)c1cnc(C2CC2)[nH]c1=O. The van der Waals surface area contributed by atoms with Gasteiger partial charge in [0, 0.05) is 42.9 Å². The molecule has 1 amide bonds. The van der Waals surface area contributed by atoms with Crippen LogP contribution in [0.3, 0.4) is 0 Å². The first-order chi connectivity index (χ1) is 12.7. The summed E-state index contributed by atoms with van der Waals surface area (Å²) in [6.07, 6.45) is 8.90. The average Bonchev–Trinajstić information content (AvgIpc) is 3.41. The summed E-state index contributed by atoms with van der Waals surface area (Å²) in [5.41, 5.74) is 1.22. The topological polar surface area (TPSA) is 114 Å². The summed E-state index contributed by atoms with van der Waals surface area (Å²) in [5.74, 6) is 0.587. The second-order valence-corrected chi connectivity index (χ2v) is 6.88. The van der Waals surface area contributed by atoms with E-state index in [1.165, 1.54) is 17.5 Å². The number of H-pyrrole nitrogens is 1. The molecular formula is C17H16N6O2S. The molecule has 0 aliphatic heterocycles. The minimum atomic E-state index is -0.425. The second-order valence-electron chi connectivity index (χ2n) is 6.03. The summed E-state index contributed by atoms with van der Waals surface area (Å²) in [6.45, 7) is 0.381. The molecule has 132 valence electrons. The number of aromatic nitrogens is 5. The fraction of sp³-hybridized carbons (Fsp3) is 0.294. The zero-order valence-corrected chi connectivity index (χ0v) is 14.6. The fourth-order valence-corrected chi connectivity index (χ4v) is 3.30. The summed E-state index contributed by atoms with van der Waals surface area (Å²) in [6, 6.07) is 0. The maximum atomic E-state index is 12.2. The largest absolute Gasteiger partial charge is 0.351 e. The number of carbonyl (C=O) groups is 1. The molecule has 8 nitrogen and oxygen atoms in total. The highest BCUT2D eigenvalue weighted by Crippen LogP contribution is 2.37. The van der Waals surface area contributed by atoms with E-state index in [4.69, 9.17) is 0 Å². The van der Waals surface area contributed by atoms with Crippen molar-refractivity contribution in [1.82, 2.24) is 30.2 Å². The third-order valence-electron chi connectivity index (χ3n) is 4.03. The van der Waals surface area contributed by atoms with E-state index < -0.39 is 11.5 Å². The Kier molecular flexibility index (Phi) is 4.53. The number of aromatic amines is 1. The quantitative estimate of drug-likeness (QED) is 0.682. The normalized spacial score (nSPS) is 13.5. The molecule has 1 saturated carbocycles. The maximum absolute atomic E-state index is 12.2. The van der Waals surface area contributed by atoms with Gasteiger partial charge in [-0.05, 0) is 12.8 Å². The molecule has 1 fully saturated rings. The molecule has 0 spiro atoms. The first kappa shape index (κ1) is 16.5. The second kappa shape index (κ2) is 7.12. The predicted octanol–water partition coefficient (Wildman–Crippen LogP) is 1.53. The Morgan fingerprint density at radius 3 is 2.88 bits per heavy atom. The van der Waals surface area contributed by atoms with Crippen LogP contribution in [0, 0.1) is 0 Å². The van der Waals surface area contributed by atoms with Gasteiger partial charge in [0.1, 0.15) is 22.1 Å². The lowest BCUT2D eigenvalue weighted by Crippen LogP contribution is -2.31. The van der Waals surface area contributed by atoms with E-state index in [0.29, 0.717) is 24.7 Å². The van der Waals surface area contributed by atoms with Crippen LogP contribution in [0.15, 0.2) is 35.0 Å². The maximum Gasteiger partial charge on any atom is 0.263 e. The van der Waals surface area contributed by atoms with Gasteiger partial charge in [-0.3, -0.25) is 19.6 Å². The average molecular weight is 368 g/mol. The van der Waals surface area contributed by atoms with Crippen molar-refractivity contribution in [2.75, 3.05) is 6.54 Å². The van der Waals surface area contributed by atoms with Gasteiger partial charge < -0.3 is 10.3 Å². The van der Waals surface area contributed by atoms with Gasteiger partial charge >= 0.3 is 0 Å². The van der Waals surface area contributed by atoms with E-state index in [2.05, 4.69) is 30.2 Å². The van der Waals surface area contributed by atoms with Crippen LogP contribution in [0.25, 0.3) is 10.7 Å². The molecule has 0 bridgehead atoms. The van der Waals surface area contributed by atoms with E-state index in [-0.39, 0.29) is 5.56 Å². The lowest BCUT2D eigenvalue weighted by atomic mass is 10.2. The number of nitrogens with one attached hydrogen (secondary N) is 2. The first-order valence-electron chi connectivity index (χ1n) is 8.29. The zero-order chi connectivity index (χ0) is 17.9. The van der Waals surface area contributed by atoms with Crippen LogP contribution < -0.4 is 10.9 Å². The number of carbonyl (C=O) groups excluding carboxylic acids is 1. The standard InChI is InChI=1S/C17H16N6O2S/c24-15(12-7-21-14(10-1-2-10)23-16(12)25)20-4-3-11-9-26-17(22-11)13-8-18-5-6-19-13/h5-10H,1-4H2,(H,20,24)(H,21,23,25). The van der Waals surface area contributed by atoms with Crippen molar-refractivity contribution in [2.45, 2.75) is 25.2 Å². The molecule has 1 aliphatic carbocycles. The summed E-state index contributed by atoms with van der Waals surface area (Å²) in [4.78, 5) is 43.8. The van der Waals surface area contributed by atoms with E-state index in [9.17, 15) is 9.59 Å². The van der Waals surface area contributed by atoms with Crippen LogP contribution in [0.5, 0.6) is 0 Å². The molecule has 3 aromatic heterocycles. The summed E-state index contributed by atoms with van der Waals surface area (Å²) >= 11 is 1.48. The third-order valence-corrected chi connectivity index (χ3v) is 4.94. The highest BCUT2D eigenvalue weighted by molar-refractivity contribution is 7.13. The van der Waals surface area contributed by atoms with Gasteiger partial charge in [-0.25, -0.2) is 9.97 Å². The summed E-state index contributed by atoms with van der Waals surface area (Å²) in [7, 11) is 0. The van der Waals surface area contributed by atoms with Crippen molar-refractivity contribution in [1.29, 1.82) is 0 Å².